The lowest BCUT2D eigenvalue weighted by molar-refractivity contribution is 0.968. The zero-order chi connectivity index (χ0) is 11.8. The topological polar surface area (TPSA) is 56.2 Å². The van der Waals surface area contributed by atoms with Crippen LogP contribution in [0.25, 0.3) is 17.0 Å². The average Bonchev–Trinajstić information content (AvgIpc) is 2.72. The van der Waals surface area contributed by atoms with Crippen molar-refractivity contribution in [3.63, 3.8) is 0 Å². The van der Waals surface area contributed by atoms with Crippen LogP contribution in [-0.2, 0) is 0 Å². The lowest BCUT2D eigenvalue weighted by atomic mass is 10.2. The molecule has 0 aliphatic carbocycles. The van der Waals surface area contributed by atoms with E-state index in [1.54, 1.807) is 10.7 Å². The lowest BCUT2D eigenvalue weighted by Gasteiger charge is -1.94. The van der Waals surface area contributed by atoms with E-state index in [-0.39, 0.29) is 0 Å². The molecule has 0 atom stereocenters. The minimum Gasteiger partial charge on any atom is -0.397 e. The van der Waals surface area contributed by atoms with Crippen molar-refractivity contribution < 1.29 is 0 Å². The van der Waals surface area contributed by atoms with Gasteiger partial charge < -0.3 is 5.73 Å². The van der Waals surface area contributed by atoms with Crippen LogP contribution in [0.2, 0.25) is 0 Å². The van der Waals surface area contributed by atoms with Crippen molar-refractivity contribution >= 4 is 27.3 Å². The zero-order valence-electron chi connectivity index (χ0n) is 8.84. The minimum atomic E-state index is 0.670. The Bertz CT molecular complexity index is 690. The van der Waals surface area contributed by atoms with E-state index < -0.39 is 0 Å². The van der Waals surface area contributed by atoms with Gasteiger partial charge in [0.05, 0.1) is 11.9 Å². The molecule has 0 aliphatic rings. The molecule has 2 heterocycles. The van der Waals surface area contributed by atoms with Crippen molar-refractivity contribution in [2.75, 3.05) is 5.73 Å². The molecule has 2 N–H and O–H groups in total. The van der Waals surface area contributed by atoms with Crippen LogP contribution in [0.15, 0.2) is 47.1 Å². The number of fused-ring (bicyclic) bond motifs is 1. The van der Waals surface area contributed by atoms with Crippen molar-refractivity contribution in [3.05, 3.63) is 47.1 Å². The number of pyridine rings is 1. The maximum atomic E-state index is 5.70. The van der Waals surface area contributed by atoms with Crippen LogP contribution in [0, 0.1) is 0 Å². The number of nitrogens with two attached hydrogens (primary N) is 1. The molecular weight excluding hydrogens is 280 g/mol. The van der Waals surface area contributed by atoms with Crippen LogP contribution in [0.4, 0.5) is 5.69 Å². The highest BCUT2D eigenvalue weighted by Crippen LogP contribution is 2.20. The number of nitrogens with zero attached hydrogens (tertiary/aromatic N) is 3. The van der Waals surface area contributed by atoms with Crippen molar-refractivity contribution in [1.82, 2.24) is 14.6 Å². The highest BCUT2D eigenvalue weighted by atomic mass is 79.9. The number of nitrogen functional groups attached to an aromatic ring is 1. The van der Waals surface area contributed by atoms with Gasteiger partial charge in [0.1, 0.15) is 0 Å². The molecule has 1 aromatic carbocycles. The molecule has 0 aliphatic heterocycles. The maximum absolute atomic E-state index is 5.70. The first kappa shape index (κ1) is 10.3. The van der Waals surface area contributed by atoms with Gasteiger partial charge in [-0.05, 0) is 24.3 Å². The normalized spacial score (nSPS) is 10.9. The minimum absolute atomic E-state index is 0.670. The van der Waals surface area contributed by atoms with Crippen molar-refractivity contribution in [2.45, 2.75) is 0 Å². The number of aromatic nitrogens is 3. The fourth-order valence-electron chi connectivity index (χ4n) is 1.65. The molecule has 0 unspecified atom stereocenters. The fourth-order valence-corrected chi connectivity index (χ4v) is 2.05. The van der Waals surface area contributed by atoms with Gasteiger partial charge in [-0.3, -0.25) is 0 Å². The second-order valence-corrected chi connectivity index (χ2v) is 4.63. The third-order valence-electron chi connectivity index (χ3n) is 2.44. The third kappa shape index (κ3) is 1.89. The summed E-state index contributed by atoms with van der Waals surface area (Å²) >= 11 is 3.43. The summed E-state index contributed by atoms with van der Waals surface area (Å²) in [6, 6.07) is 11.6. The summed E-state index contributed by atoms with van der Waals surface area (Å²) in [5.74, 6) is 0.692. The quantitative estimate of drug-likeness (QED) is 0.749. The summed E-state index contributed by atoms with van der Waals surface area (Å²) < 4.78 is 2.69. The molecule has 17 heavy (non-hydrogen) atoms. The van der Waals surface area contributed by atoms with E-state index >= 15 is 0 Å². The first-order valence-electron chi connectivity index (χ1n) is 5.10. The molecule has 0 fully saturated rings. The van der Waals surface area contributed by atoms with Crippen molar-refractivity contribution in [3.8, 4) is 11.4 Å². The summed E-state index contributed by atoms with van der Waals surface area (Å²) in [7, 11) is 0. The Balaban J connectivity index is 2.18. The number of halogens is 1. The van der Waals surface area contributed by atoms with Crippen LogP contribution >= 0.6 is 15.9 Å². The molecule has 0 saturated heterocycles. The molecule has 5 heteroatoms. The van der Waals surface area contributed by atoms with Crippen LogP contribution in [-0.4, -0.2) is 14.6 Å². The molecule has 0 radical (unpaired) electrons. The second kappa shape index (κ2) is 3.85. The van der Waals surface area contributed by atoms with E-state index in [4.69, 9.17) is 5.73 Å². The third-order valence-corrected chi connectivity index (χ3v) is 2.93. The van der Waals surface area contributed by atoms with Gasteiger partial charge in [0.25, 0.3) is 0 Å². The van der Waals surface area contributed by atoms with Crippen LogP contribution in [0.1, 0.15) is 0 Å². The van der Waals surface area contributed by atoms with Gasteiger partial charge in [-0.1, -0.05) is 28.1 Å². The van der Waals surface area contributed by atoms with Crippen molar-refractivity contribution in [1.29, 1.82) is 0 Å². The van der Waals surface area contributed by atoms with E-state index in [2.05, 4.69) is 26.0 Å². The predicted octanol–water partition coefficient (Wildman–Crippen LogP) is 2.74. The monoisotopic (exact) mass is 288 g/mol. The largest absolute Gasteiger partial charge is 0.397 e. The van der Waals surface area contributed by atoms with Crippen LogP contribution in [0.3, 0.4) is 0 Å². The number of hydrogen-bond acceptors (Lipinski definition) is 3. The summed E-state index contributed by atoms with van der Waals surface area (Å²) in [6.07, 6.45) is 1.75. The maximum Gasteiger partial charge on any atom is 0.182 e. The zero-order valence-corrected chi connectivity index (χ0v) is 10.4. The SMILES string of the molecule is Nc1ccc2nc(-c3cccc(Br)c3)nn2c1. The first-order valence-corrected chi connectivity index (χ1v) is 5.89. The number of anilines is 1. The molecule has 84 valence electrons. The van der Waals surface area contributed by atoms with Crippen molar-refractivity contribution in [2.24, 2.45) is 0 Å². The molecule has 3 rings (SSSR count). The van der Waals surface area contributed by atoms with E-state index in [0.29, 0.717) is 11.5 Å². The lowest BCUT2D eigenvalue weighted by Crippen LogP contribution is -1.91. The second-order valence-electron chi connectivity index (χ2n) is 3.71. The summed E-state index contributed by atoms with van der Waals surface area (Å²) in [5.41, 5.74) is 8.13. The molecule has 0 bridgehead atoms. The van der Waals surface area contributed by atoms with E-state index in [1.807, 2.05) is 36.4 Å². The number of hydrogen-bond donors (Lipinski definition) is 1. The highest BCUT2D eigenvalue weighted by molar-refractivity contribution is 9.10. The highest BCUT2D eigenvalue weighted by Gasteiger charge is 2.06. The van der Waals surface area contributed by atoms with Gasteiger partial charge >= 0.3 is 0 Å². The molecule has 0 spiro atoms. The molecule has 0 amide bonds. The van der Waals surface area contributed by atoms with Gasteiger partial charge in [-0.15, -0.1) is 5.10 Å². The Morgan fingerprint density at radius 2 is 2.06 bits per heavy atom. The van der Waals surface area contributed by atoms with E-state index in [1.165, 1.54) is 0 Å². The summed E-state index contributed by atoms with van der Waals surface area (Å²) in [5, 5.41) is 4.39. The molecular formula is C12H9BrN4. The van der Waals surface area contributed by atoms with Gasteiger partial charge in [-0.25, -0.2) is 9.50 Å². The first-order chi connectivity index (χ1) is 8.22. The van der Waals surface area contributed by atoms with Gasteiger partial charge in [0.15, 0.2) is 11.5 Å². The Labute approximate surface area is 106 Å². The van der Waals surface area contributed by atoms with E-state index in [9.17, 15) is 0 Å². The van der Waals surface area contributed by atoms with Crippen LogP contribution in [0.5, 0.6) is 0 Å². The Morgan fingerprint density at radius 1 is 1.18 bits per heavy atom. The molecule has 2 aromatic heterocycles. The average molecular weight is 289 g/mol. The Hall–Kier alpha value is -1.88. The number of rotatable bonds is 1. The van der Waals surface area contributed by atoms with Crippen LogP contribution < -0.4 is 5.73 Å². The van der Waals surface area contributed by atoms with Gasteiger partial charge in [-0.2, -0.15) is 0 Å². The summed E-state index contributed by atoms with van der Waals surface area (Å²) in [6.45, 7) is 0. The smallest absolute Gasteiger partial charge is 0.182 e. The number of benzene rings is 1. The van der Waals surface area contributed by atoms with E-state index in [0.717, 1.165) is 15.7 Å². The Kier molecular flexibility index (Phi) is 2.33. The molecule has 4 nitrogen and oxygen atoms in total. The summed E-state index contributed by atoms with van der Waals surface area (Å²) in [4.78, 5) is 4.44. The van der Waals surface area contributed by atoms with Gasteiger partial charge in [0.2, 0.25) is 0 Å². The van der Waals surface area contributed by atoms with Gasteiger partial charge in [0, 0.05) is 10.0 Å². The molecule has 3 aromatic rings. The Morgan fingerprint density at radius 3 is 2.88 bits per heavy atom. The molecule has 0 saturated carbocycles. The standard InChI is InChI=1S/C12H9BrN4/c13-9-3-1-2-8(6-9)12-15-11-5-4-10(14)7-17(11)16-12/h1-7H,14H2. The predicted molar refractivity (Wildman–Crippen MR) is 70.5 cm³/mol. The fraction of sp³-hybridized carbons (Fsp3) is 0.